The Balaban J connectivity index is 1.53. The molecule has 0 atom stereocenters. The van der Waals surface area contributed by atoms with E-state index in [1.54, 1.807) is 36.5 Å². The van der Waals surface area contributed by atoms with Crippen LogP contribution in [-0.4, -0.2) is 53.7 Å². The summed E-state index contributed by atoms with van der Waals surface area (Å²) >= 11 is 12.3. The van der Waals surface area contributed by atoms with Crippen LogP contribution in [0.25, 0.3) is 0 Å². The number of halogens is 2. The summed E-state index contributed by atoms with van der Waals surface area (Å²) in [5.74, 6) is 1.52. The topological polar surface area (TPSA) is 105 Å². The summed E-state index contributed by atoms with van der Waals surface area (Å²) in [6, 6.07) is 10.3. The molecule has 0 amide bonds. The minimum Gasteiger partial charge on any atom is -0.339 e. The number of carbonyl (C=O) groups excluding carboxylic acids is 1. The van der Waals surface area contributed by atoms with E-state index in [0.717, 1.165) is 11.3 Å². The first-order valence-electron chi connectivity index (χ1n) is 10.8. The van der Waals surface area contributed by atoms with Gasteiger partial charge in [0.05, 0.1) is 27.1 Å². The predicted molar refractivity (Wildman–Crippen MR) is 134 cm³/mol. The van der Waals surface area contributed by atoms with Gasteiger partial charge in [0, 0.05) is 37.5 Å². The van der Waals surface area contributed by atoms with Crippen LogP contribution < -0.4 is 10.2 Å². The van der Waals surface area contributed by atoms with E-state index in [1.165, 1.54) is 0 Å². The maximum atomic E-state index is 12.8. The quantitative estimate of drug-likeness (QED) is 0.464. The number of sulfone groups is 1. The lowest BCUT2D eigenvalue weighted by Crippen LogP contribution is -2.41. The maximum absolute atomic E-state index is 12.8. The van der Waals surface area contributed by atoms with E-state index in [4.69, 9.17) is 23.2 Å². The van der Waals surface area contributed by atoms with Crippen molar-refractivity contribution in [1.29, 1.82) is 0 Å². The van der Waals surface area contributed by atoms with Crippen molar-refractivity contribution in [2.45, 2.75) is 19.8 Å². The number of aromatic nitrogens is 3. The van der Waals surface area contributed by atoms with Gasteiger partial charge in [-0.05, 0) is 36.2 Å². The van der Waals surface area contributed by atoms with Gasteiger partial charge >= 0.3 is 0 Å². The number of aryl methyl sites for hydroxylation is 1. The van der Waals surface area contributed by atoms with Gasteiger partial charge < -0.3 is 10.2 Å². The fourth-order valence-electron chi connectivity index (χ4n) is 3.60. The van der Waals surface area contributed by atoms with Crippen LogP contribution in [0.2, 0.25) is 10.0 Å². The van der Waals surface area contributed by atoms with Gasteiger partial charge in [0.2, 0.25) is 5.95 Å². The highest BCUT2D eigenvalue weighted by Crippen LogP contribution is 2.26. The summed E-state index contributed by atoms with van der Waals surface area (Å²) in [7, 11) is -3.01. The Morgan fingerprint density at radius 2 is 1.76 bits per heavy atom. The molecule has 2 aromatic heterocycles. The van der Waals surface area contributed by atoms with Gasteiger partial charge in [-0.15, -0.1) is 0 Å². The number of anilines is 3. The van der Waals surface area contributed by atoms with Crippen LogP contribution in [0.1, 0.15) is 28.5 Å². The Morgan fingerprint density at radius 1 is 1.06 bits per heavy atom. The molecule has 1 N–H and O–H groups in total. The van der Waals surface area contributed by atoms with Gasteiger partial charge in [-0.2, -0.15) is 4.98 Å². The normalized spacial score (nSPS) is 15.2. The molecule has 34 heavy (non-hydrogen) atoms. The highest BCUT2D eigenvalue weighted by molar-refractivity contribution is 7.91. The van der Waals surface area contributed by atoms with Crippen molar-refractivity contribution >= 4 is 56.4 Å². The Morgan fingerprint density at radius 3 is 2.44 bits per heavy atom. The van der Waals surface area contributed by atoms with E-state index in [0.29, 0.717) is 52.7 Å². The minimum absolute atomic E-state index is 0.0859. The first kappa shape index (κ1) is 24.4. The van der Waals surface area contributed by atoms with Crippen molar-refractivity contribution < 1.29 is 13.2 Å². The minimum atomic E-state index is -3.01. The molecule has 0 saturated carbocycles. The lowest BCUT2D eigenvalue weighted by molar-refractivity contribution is 0.0993. The molecule has 178 valence electrons. The standard InChI is InChI=1S/C23H23Cl2N5O3S/c1-2-16-14-21(29-23(27-16)30-8-10-34(32,33)11-9-30)28-20-13-15(6-7-26-20)12-19(31)22-17(24)4-3-5-18(22)25/h3-7,13-14H,2,8-12H2,1H3,(H,26,27,28,29). The van der Waals surface area contributed by atoms with Crippen molar-refractivity contribution in [2.24, 2.45) is 0 Å². The Kier molecular flexibility index (Phi) is 7.35. The summed E-state index contributed by atoms with van der Waals surface area (Å²) in [5, 5.41) is 3.81. The summed E-state index contributed by atoms with van der Waals surface area (Å²) in [6.45, 7) is 2.70. The highest BCUT2D eigenvalue weighted by atomic mass is 35.5. The van der Waals surface area contributed by atoms with E-state index in [2.05, 4.69) is 20.3 Å². The third kappa shape index (κ3) is 5.84. The molecule has 1 aromatic carbocycles. The predicted octanol–water partition coefficient (Wildman–Crippen LogP) is 4.14. The first-order valence-corrected chi connectivity index (χ1v) is 13.3. The largest absolute Gasteiger partial charge is 0.339 e. The van der Waals surface area contributed by atoms with Crippen molar-refractivity contribution in [3.8, 4) is 0 Å². The number of nitrogens with one attached hydrogen (secondary N) is 1. The molecule has 4 rings (SSSR count). The number of rotatable bonds is 7. The van der Waals surface area contributed by atoms with E-state index in [9.17, 15) is 13.2 Å². The number of Topliss-reactive ketones (excluding diaryl/α,β-unsaturated/α-hetero) is 1. The summed E-state index contributed by atoms with van der Waals surface area (Å²) in [6.07, 6.45) is 2.41. The van der Waals surface area contributed by atoms with Crippen LogP contribution in [0.5, 0.6) is 0 Å². The lowest BCUT2D eigenvalue weighted by atomic mass is 10.0. The second-order valence-electron chi connectivity index (χ2n) is 7.91. The van der Waals surface area contributed by atoms with E-state index in [-0.39, 0.29) is 23.7 Å². The smallest absolute Gasteiger partial charge is 0.227 e. The second-order valence-corrected chi connectivity index (χ2v) is 11.0. The molecule has 1 saturated heterocycles. The zero-order valence-corrected chi connectivity index (χ0v) is 20.8. The fourth-order valence-corrected chi connectivity index (χ4v) is 5.41. The van der Waals surface area contributed by atoms with Crippen LogP contribution in [0, 0.1) is 0 Å². The molecule has 0 radical (unpaired) electrons. The van der Waals surface area contributed by atoms with Crippen molar-refractivity contribution in [3.63, 3.8) is 0 Å². The van der Waals surface area contributed by atoms with Crippen molar-refractivity contribution in [1.82, 2.24) is 15.0 Å². The monoisotopic (exact) mass is 519 g/mol. The van der Waals surface area contributed by atoms with Crippen LogP contribution in [0.3, 0.4) is 0 Å². The Bertz CT molecular complexity index is 1300. The lowest BCUT2D eigenvalue weighted by Gasteiger charge is -2.27. The fraction of sp³-hybridized carbons (Fsp3) is 0.304. The molecule has 11 heteroatoms. The molecule has 3 heterocycles. The summed E-state index contributed by atoms with van der Waals surface area (Å²) < 4.78 is 23.5. The third-order valence-corrected chi connectivity index (χ3v) is 7.68. The number of benzene rings is 1. The number of carbonyl (C=O) groups is 1. The average molecular weight is 520 g/mol. The van der Waals surface area contributed by atoms with Crippen LogP contribution in [0.4, 0.5) is 17.6 Å². The van der Waals surface area contributed by atoms with Crippen LogP contribution >= 0.6 is 23.2 Å². The van der Waals surface area contributed by atoms with Crippen LogP contribution in [0.15, 0.2) is 42.6 Å². The average Bonchev–Trinajstić information content (AvgIpc) is 2.79. The van der Waals surface area contributed by atoms with Gasteiger partial charge in [-0.1, -0.05) is 36.2 Å². The van der Waals surface area contributed by atoms with Crippen molar-refractivity contribution in [2.75, 3.05) is 34.8 Å². The van der Waals surface area contributed by atoms with E-state index in [1.807, 2.05) is 17.9 Å². The molecular formula is C23H23Cl2N5O3S. The number of hydrogen-bond acceptors (Lipinski definition) is 8. The number of hydrogen-bond donors (Lipinski definition) is 1. The molecule has 8 nitrogen and oxygen atoms in total. The molecule has 1 aliphatic rings. The number of ketones is 1. The summed E-state index contributed by atoms with van der Waals surface area (Å²) in [5.41, 5.74) is 1.86. The van der Waals surface area contributed by atoms with E-state index < -0.39 is 9.84 Å². The third-order valence-electron chi connectivity index (χ3n) is 5.44. The maximum Gasteiger partial charge on any atom is 0.227 e. The Hall–Kier alpha value is -2.75. The van der Waals surface area contributed by atoms with Gasteiger partial charge in [0.25, 0.3) is 0 Å². The molecule has 0 aliphatic carbocycles. The zero-order chi connectivity index (χ0) is 24.3. The molecule has 0 spiro atoms. The van der Waals surface area contributed by atoms with Gasteiger partial charge in [-0.3, -0.25) is 4.79 Å². The molecule has 3 aromatic rings. The van der Waals surface area contributed by atoms with Gasteiger partial charge in [-0.25, -0.2) is 18.4 Å². The Labute approximate surface area is 208 Å². The van der Waals surface area contributed by atoms with Gasteiger partial charge in [0.15, 0.2) is 15.6 Å². The molecule has 0 unspecified atom stereocenters. The van der Waals surface area contributed by atoms with Crippen molar-refractivity contribution in [3.05, 3.63) is 69.5 Å². The molecule has 1 fully saturated rings. The number of nitrogens with zero attached hydrogens (tertiary/aromatic N) is 4. The SMILES string of the molecule is CCc1cc(Nc2cc(CC(=O)c3c(Cl)cccc3Cl)ccn2)nc(N2CCS(=O)(=O)CC2)n1. The molecule has 0 bridgehead atoms. The van der Waals surface area contributed by atoms with Crippen LogP contribution in [-0.2, 0) is 22.7 Å². The highest BCUT2D eigenvalue weighted by Gasteiger charge is 2.24. The van der Waals surface area contributed by atoms with Gasteiger partial charge in [0.1, 0.15) is 11.6 Å². The van der Waals surface area contributed by atoms with E-state index >= 15 is 0 Å². The molecule has 1 aliphatic heterocycles. The zero-order valence-electron chi connectivity index (χ0n) is 18.5. The first-order chi connectivity index (χ1) is 16.2. The molecular weight excluding hydrogens is 497 g/mol. The number of pyridine rings is 1. The second kappa shape index (κ2) is 10.2. The summed E-state index contributed by atoms with van der Waals surface area (Å²) in [4.78, 5) is 28.1.